The number of benzene rings is 5. The summed E-state index contributed by atoms with van der Waals surface area (Å²) >= 11 is 0. The van der Waals surface area contributed by atoms with Gasteiger partial charge < -0.3 is 9.47 Å². The molecule has 0 saturated heterocycles. The maximum Gasteiger partial charge on any atom is 0.169 e. The third-order valence-corrected chi connectivity index (χ3v) is 6.05. The number of ether oxygens (including phenoxy) is 2. The Morgan fingerprint density at radius 3 is 1.90 bits per heavy atom. The monoisotopic (exact) mass is 396 g/mol. The van der Waals surface area contributed by atoms with Crippen LogP contribution in [0.5, 0.6) is 11.5 Å². The fraction of sp³-hybridized carbons (Fsp3) is 0.286. The summed E-state index contributed by atoms with van der Waals surface area (Å²) in [6, 6.07) is 22.0. The van der Waals surface area contributed by atoms with Gasteiger partial charge in [-0.1, -0.05) is 81.3 Å². The second-order valence-electron chi connectivity index (χ2n) is 8.10. The van der Waals surface area contributed by atoms with E-state index in [0.29, 0.717) is 13.2 Å². The molecule has 0 saturated carbocycles. The molecule has 0 spiro atoms. The quantitative estimate of drug-likeness (QED) is 0.150. The number of hydrogen-bond acceptors (Lipinski definition) is 2. The molecule has 30 heavy (non-hydrogen) atoms. The molecular weight excluding hydrogens is 368 g/mol. The van der Waals surface area contributed by atoms with Gasteiger partial charge in [-0.25, -0.2) is 0 Å². The van der Waals surface area contributed by atoms with E-state index < -0.39 is 0 Å². The lowest BCUT2D eigenvalue weighted by Gasteiger charge is -2.20. The molecule has 0 aliphatic rings. The molecule has 0 fully saturated rings. The van der Waals surface area contributed by atoms with Gasteiger partial charge in [0, 0.05) is 10.8 Å². The maximum atomic E-state index is 6.45. The van der Waals surface area contributed by atoms with Crippen LogP contribution in [-0.4, -0.2) is 13.2 Å². The van der Waals surface area contributed by atoms with Crippen LogP contribution in [0.25, 0.3) is 43.1 Å². The Hall–Kier alpha value is -3.00. The number of fused-ring (bicyclic) bond motifs is 2. The molecule has 2 nitrogen and oxygen atoms in total. The first-order valence-corrected chi connectivity index (χ1v) is 11.2. The highest BCUT2D eigenvalue weighted by atomic mass is 16.5. The fourth-order valence-corrected chi connectivity index (χ4v) is 4.56. The zero-order valence-corrected chi connectivity index (χ0v) is 17.8. The maximum absolute atomic E-state index is 6.45. The molecule has 0 aliphatic carbocycles. The van der Waals surface area contributed by atoms with E-state index in [1.54, 1.807) is 0 Å². The van der Waals surface area contributed by atoms with Crippen molar-refractivity contribution in [2.45, 2.75) is 39.5 Å². The molecule has 0 heterocycles. The third-order valence-electron chi connectivity index (χ3n) is 6.05. The van der Waals surface area contributed by atoms with E-state index in [1.807, 2.05) is 0 Å². The standard InChI is InChI=1S/C28H28O2/c1-3-5-16-29-24-18-20-12-9-14-22-21-13-7-10-19-11-8-15-23(25(19)21)27(26(20)22)28(24)30-17-6-4-2/h7-15,18H,3-6,16-17H2,1-2H3. The summed E-state index contributed by atoms with van der Waals surface area (Å²) < 4.78 is 12.7. The average Bonchev–Trinajstić information content (AvgIpc) is 2.78. The summed E-state index contributed by atoms with van der Waals surface area (Å²) in [5.74, 6) is 1.78. The SMILES string of the molecule is CCCCOc1cc2cccc3c4cccc5cccc(c(c1OCCCC)c23)c54. The van der Waals surface area contributed by atoms with Crippen molar-refractivity contribution in [3.63, 3.8) is 0 Å². The van der Waals surface area contributed by atoms with Gasteiger partial charge in [0.1, 0.15) is 0 Å². The average molecular weight is 397 g/mol. The lowest BCUT2D eigenvalue weighted by molar-refractivity contribution is 0.265. The minimum Gasteiger partial charge on any atom is -0.490 e. The highest BCUT2D eigenvalue weighted by Crippen LogP contribution is 2.47. The third kappa shape index (κ3) is 3.02. The Morgan fingerprint density at radius 2 is 1.20 bits per heavy atom. The van der Waals surface area contributed by atoms with Crippen molar-refractivity contribution >= 4 is 43.1 Å². The number of hydrogen-bond donors (Lipinski definition) is 0. The Kier molecular flexibility index (Phi) is 5.08. The van der Waals surface area contributed by atoms with Crippen molar-refractivity contribution < 1.29 is 9.47 Å². The van der Waals surface area contributed by atoms with Crippen LogP contribution in [0.1, 0.15) is 39.5 Å². The lowest BCUT2D eigenvalue weighted by Crippen LogP contribution is -2.03. The van der Waals surface area contributed by atoms with Gasteiger partial charge in [-0.15, -0.1) is 0 Å². The first-order chi connectivity index (χ1) is 14.8. The molecule has 5 aromatic rings. The Balaban J connectivity index is 1.90. The Morgan fingerprint density at radius 1 is 0.600 bits per heavy atom. The first kappa shape index (κ1) is 19.0. The molecule has 0 amide bonds. The zero-order valence-electron chi connectivity index (χ0n) is 17.8. The van der Waals surface area contributed by atoms with Crippen LogP contribution in [0.3, 0.4) is 0 Å². The van der Waals surface area contributed by atoms with Gasteiger partial charge in [-0.2, -0.15) is 0 Å². The van der Waals surface area contributed by atoms with Gasteiger partial charge in [-0.05, 0) is 51.2 Å². The van der Waals surface area contributed by atoms with Crippen LogP contribution >= 0.6 is 0 Å². The molecule has 2 heteroatoms. The zero-order chi connectivity index (χ0) is 20.5. The van der Waals surface area contributed by atoms with Crippen LogP contribution in [0.15, 0.2) is 60.7 Å². The van der Waals surface area contributed by atoms with E-state index in [-0.39, 0.29) is 0 Å². The van der Waals surface area contributed by atoms with Crippen LogP contribution in [0, 0.1) is 0 Å². The molecule has 5 aromatic carbocycles. The molecule has 0 aromatic heterocycles. The van der Waals surface area contributed by atoms with Crippen molar-refractivity contribution in [1.29, 1.82) is 0 Å². The van der Waals surface area contributed by atoms with Gasteiger partial charge in [0.05, 0.1) is 13.2 Å². The molecule has 0 bridgehead atoms. The van der Waals surface area contributed by atoms with E-state index in [2.05, 4.69) is 74.5 Å². The predicted molar refractivity (Wildman–Crippen MR) is 128 cm³/mol. The van der Waals surface area contributed by atoms with Crippen molar-refractivity contribution in [3.05, 3.63) is 60.7 Å². The topological polar surface area (TPSA) is 18.5 Å². The summed E-state index contributed by atoms with van der Waals surface area (Å²) in [5.41, 5.74) is 0. The van der Waals surface area contributed by atoms with Crippen molar-refractivity contribution in [2.24, 2.45) is 0 Å². The van der Waals surface area contributed by atoms with E-state index in [1.165, 1.54) is 43.1 Å². The minimum absolute atomic E-state index is 0.707. The minimum atomic E-state index is 0.707. The molecular formula is C28H28O2. The highest BCUT2D eigenvalue weighted by molar-refractivity contribution is 6.34. The van der Waals surface area contributed by atoms with E-state index in [4.69, 9.17) is 9.47 Å². The second-order valence-corrected chi connectivity index (χ2v) is 8.10. The Bertz CT molecular complexity index is 1310. The molecule has 0 unspecified atom stereocenters. The lowest BCUT2D eigenvalue weighted by atomic mass is 9.89. The van der Waals surface area contributed by atoms with Gasteiger partial charge in [0.2, 0.25) is 0 Å². The summed E-state index contributed by atoms with van der Waals surface area (Å²) in [6.45, 7) is 5.81. The van der Waals surface area contributed by atoms with E-state index >= 15 is 0 Å². The largest absolute Gasteiger partial charge is 0.490 e. The first-order valence-electron chi connectivity index (χ1n) is 11.2. The van der Waals surface area contributed by atoms with Crippen molar-refractivity contribution in [2.75, 3.05) is 13.2 Å². The second kappa shape index (κ2) is 8.02. The van der Waals surface area contributed by atoms with E-state index in [0.717, 1.165) is 37.2 Å². The summed E-state index contributed by atoms with van der Waals surface area (Å²) in [6.07, 6.45) is 4.30. The van der Waals surface area contributed by atoms with Crippen LogP contribution in [0.4, 0.5) is 0 Å². The molecule has 5 rings (SSSR count). The molecule has 0 atom stereocenters. The predicted octanol–water partition coefficient (Wildman–Crippen LogP) is 8.10. The fourth-order valence-electron chi connectivity index (χ4n) is 4.56. The summed E-state index contributed by atoms with van der Waals surface area (Å²) in [5, 5.41) is 10.1. The molecule has 0 aliphatic heterocycles. The summed E-state index contributed by atoms with van der Waals surface area (Å²) in [4.78, 5) is 0. The van der Waals surface area contributed by atoms with Gasteiger partial charge >= 0.3 is 0 Å². The van der Waals surface area contributed by atoms with Crippen LogP contribution in [0.2, 0.25) is 0 Å². The number of rotatable bonds is 8. The summed E-state index contributed by atoms with van der Waals surface area (Å²) in [7, 11) is 0. The Labute approximate surface area is 177 Å². The molecule has 0 N–H and O–H groups in total. The van der Waals surface area contributed by atoms with Crippen molar-refractivity contribution in [3.8, 4) is 11.5 Å². The van der Waals surface area contributed by atoms with Gasteiger partial charge in [0.25, 0.3) is 0 Å². The van der Waals surface area contributed by atoms with E-state index in [9.17, 15) is 0 Å². The van der Waals surface area contributed by atoms with Crippen molar-refractivity contribution in [1.82, 2.24) is 0 Å². The van der Waals surface area contributed by atoms with Crippen LogP contribution in [-0.2, 0) is 0 Å². The molecule has 0 radical (unpaired) electrons. The highest BCUT2D eigenvalue weighted by Gasteiger charge is 2.20. The van der Waals surface area contributed by atoms with Gasteiger partial charge in [0.15, 0.2) is 11.5 Å². The normalized spacial score (nSPS) is 11.8. The van der Waals surface area contributed by atoms with Crippen LogP contribution < -0.4 is 9.47 Å². The number of unbranched alkanes of at least 4 members (excludes halogenated alkanes) is 2. The smallest absolute Gasteiger partial charge is 0.169 e. The van der Waals surface area contributed by atoms with Gasteiger partial charge in [-0.3, -0.25) is 0 Å². The molecule has 152 valence electrons.